The SMILES string of the molecule is C[C@@H](OC(=O)C1CCN(C(=O)C(C)(C)C)CC1)C(=O)Nc1ccc(S(=O)(=O)N2CCCC2)cc1. The molecular weight excluding hydrogens is 458 g/mol. The van der Waals surface area contributed by atoms with Crippen molar-refractivity contribution in [3.05, 3.63) is 24.3 Å². The molecule has 9 nitrogen and oxygen atoms in total. The number of sulfonamides is 1. The van der Waals surface area contributed by atoms with E-state index < -0.39 is 33.4 Å². The minimum atomic E-state index is -3.52. The minimum Gasteiger partial charge on any atom is -0.452 e. The van der Waals surface area contributed by atoms with E-state index in [1.54, 1.807) is 4.90 Å². The fourth-order valence-electron chi connectivity index (χ4n) is 4.15. The lowest BCUT2D eigenvalue weighted by molar-refractivity contribution is -0.160. The van der Waals surface area contributed by atoms with Crippen LogP contribution in [0, 0.1) is 11.3 Å². The number of nitrogens with one attached hydrogen (secondary N) is 1. The van der Waals surface area contributed by atoms with Crippen LogP contribution in [0.1, 0.15) is 53.4 Å². The highest BCUT2D eigenvalue weighted by Gasteiger charge is 2.34. The second-order valence-corrected chi connectivity index (χ2v) is 12.0. The number of ether oxygens (including phenoxy) is 1. The van der Waals surface area contributed by atoms with E-state index in [-0.39, 0.29) is 16.7 Å². The number of rotatable bonds is 6. The molecule has 2 aliphatic heterocycles. The van der Waals surface area contributed by atoms with Crippen molar-refractivity contribution in [2.24, 2.45) is 11.3 Å². The summed E-state index contributed by atoms with van der Waals surface area (Å²) in [6, 6.07) is 5.98. The molecule has 10 heteroatoms. The average molecular weight is 494 g/mol. The van der Waals surface area contributed by atoms with Gasteiger partial charge in [0, 0.05) is 37.3 Å². The molecule has 1 N–H and O–H groups in total. The van der Waals surface area contributed by atoms with E-state index >= 15 is 0 Å². The quantitative estimate of drug-likeness (QED) is 0.610. The first-order valence-corrected chi connectivity index (χ1v) is 13.2. The third-order valence-corrected chi connectivity index (χ3v) is 8.16. The molecule has 0 aliphatic carbocycles. The van der Waals surface area contributed by atoms with Crippen molar-refractivity contribution in [3.8, 4) is 0 Å². The van der Waals surface area contributed by atoms with Gasteiger partial charge in [-0.3, -0.25) is 14.4 Å². The molecule has 2 fully saturated rings. The molecule has 2 aliphatic rings. The number of hydrogen-bond donors (Lipinski definition) is 1. The zero-order valence-electron chi connectivity index (χ0n) is 20.4. The van der Waals surface area contributed by atoms with Gasteiger partial charge >= 0.3 is 5.97 Å². The Morgan fingerprint density at radius 3 is 2.09 bits per heavy atom. The lowest BCUT2D eigenvalue weighted by Gasteiger charge is -2.35. The van der Waals surface area contributed by atoms with E-state index in [1.165, 1.54) is 35.5 Å². The van der Waals surface area contributed by atoms with Gasteiger partial charge in [-0.15, -0.1) is 0 Å². The molecule has 188 valence electrons. The van der Waals surface area contributed by atoms with Crippen LogP contribution in [0.25, 0.3) is 0 Å². The maximum atomic E-state index is 12.6. The first-order valence-electron chi connectivity index (χ1n) is 11.8. The van der Waals surface area contributed by atoms with E-state index in [9.17, 15) is 22.8 Å². The van der Waals surface area contributed by atoms with Crippen molar-refractivity contribution in [2.45, 2.75) is 64.4 Å². The van der Waals surface area contributed by atoms with Gasteiger partial charge < -0.3 is 15.0 Å². The molecule has 0 saturated carbocycles. The third-order valence-electron chi connectivity index (χ3n) is 6.24. The molecule has 1 aromatic carbocycles. The number of esters is 1. The van der Waals surface area contributed by atoms with Gasteiger partial charge in [0.25, 0.3) is 5.91 Å². The normalized spacial score (nSPS) is 19.0. The molecule has 34 heavy (non-hydrogen) atoms. The molecule has 0 unspecified atom stereocenters. The predicted octanol–water partition coefficient (Wildman–Crippen LogP) is 2.63. The Morgan fingerprint density at radius 1 is 1.00 bits per heavy atom. The Morgan fingerprint density at radius 2 is 1.56 bits per heavy atom. The first-order chi connectivity index (χ1) is 15.9. The lowest BCUT2D eigenvalue weighted by Crippen LogP contribution is -2.45. The summed E-state index contributed by atoms with van der Waals surface area (Å²) < 4.78 is 32.1. The molecule has 2 saturated heterocycles. The van der Waals surface area contributed by atoms with Gasteiger partial charge in [0.15, 0.2) is 6.10 Å². The zero-order valence-corrected chi connectivity index (χ0v) is 21.2. The van der Waals surface area contributed by atoms with E-state index in [2.05, 4.69) is 5.32 Å². The molecular formula is C24H35N3O6S. The Kier molecular flexibility index (Phi) is 8.02. The van der Waals surface area contributed by atoms with Crippen molar-refractivity contribution >= 4 is 33.5 Å². The predicted molar refractivity (Wildman–Crippen MR) is 127 cm³/mol. The number of carbonyl (C=O) groups excluding carboxylic acids is 3. The summed E-state index contributed by atoms with van der Waals surface area (Å²) >= 11 is 0. The first kappa shape index (κ1) is 26.2. The molecule has 1 aromatic rings. The highest BCUT2D eigenvalue weighted by molar-refractivity contribution is 7.89. The van der Waals surface area contributed by atoms with E-state index in [0.29, 0.717) is 44.7 Å². The molecule has 3 rings (SSSR count). The van der Waals surface area contributed by atoms with E-state index in [1.807, 2.05) is 20.8 Å². The number of anilines is 1. The maximum Gasteiger partial charge on any atom is 0.309 e. The van der Waals surface area contributed by atoms with Crippen LogP contribution < -0.4 is 5.32 Å². The van der Waals surface area contributed by atoms with Crippen LogP contribution in [0.3, 0.4) is 0 Å². The van der Waals surface area contributed by atoms with Crippen LogP contribution in [-0.2, 0) is 29.1 Å². The van der Waals surface area contributed by atoms with Crippen molar-refractivity contribution in [2.75, 3.05) is 31.5 Å². The highest BCUT2D eigenvalue weighted by Crippen LogP contribution is 2.25. The lowest BCUT2D eigenvalue weighted by atomic mass is 9.91. The molecule has 0 aromatic heterocycles. The van der Waals surface area contributed by atoms with Gasteiger partial charge in [-0.25, -0.2) is 8.42 Å². The van der Waals surface area contributed by atoms with Gasteiger partial charge in [0.1, 0.15) is 0 Å². The van der Waals surface area contributed by atoms with Crippen LogP contribution >= 0.6 is 0 Å². The Hall–Kier alpha value is -2.46. The number of nitrogens with zero attached hydrogens (tertiary/aromatic N) is 2. The van der Waals surface area contributed by atoms with Gasteiger partial charge in [-0.2, -0.15) is 4.31 Å². The highest BCUT2D eigenvalue weighted by atomic mass is 32.2. The second kappa shape index (κ2) is 10.4. The summed E-state index contributed by atoms with van der Waals surface area (Å²) in [5, 5.41) is 2.66. The molecule has 1 atom stereocenters. The maximum absolute atomic E-state index is 12.6. The topological polar surface area (TPSA) is 113 Å². The fourth-order valence-corrected chi connectivity index (χ4v) is 5.67. The van der Waals surface area contributed by atoms with Crippen molar-refractivity contribution in [1.29, 1.82) is 0 Å². The fraction of sp³-hybridized carbons (Fsp3) is 0.625. The van der Waals surface area contributed by atoms with Crippen LogP contribution in [-0.4, -0.2) is 67.7 Å². The van der Waals surface area contributed by atoms with E-state index in [4.69, 9.17) is 4.74 Å². The van der Waals surface area contributed by atoms with Gasteiger partial charge in [-0.1, -0.05) is 20.8 Å². The largest absolute Gasteiger partial charge is 0.452 e. The van der Waals surface area contributed by atoms with Crippen LogP contribution in [0.4, 0.5) is 5.69 Å². The Bertz CT molecular complexity index is 1000. The zero-order chi connectivity index (χ0) is 25.1. The molecule has 0 bridgehead atoms. The smallest absolute Gasteiger partial charge is 0.309 e. The molecule has 2 heterocycles. The number of piperidine rings is 1. The minimum absolute atomic E-state index is 0.0614. The molecule has 2 amide bonds. The summed E-state index contributed by atoms with van der Waals surface area (Å²) in [6.45, 7) is 9.14. The summed E-state index contributed by atoms with van der Waals surface area (Å²) in [6.07, 6.45) is 1.72. The van der Waals surface area contributed by atoms with Crippen molar-refractivity contribution < 1.29 is 27.5 Å². The molecule has 0 radical (unpaired) electrons. The second-order valence-electron chi connectivity index (χ2n) is 10.0. The summed E-state index contributed by atoms with van der Waals surface area (Å²) in [7, 11) is -3.52. The van der Waals surface area contributed by atoms with Crippen molar-refractivity contribution in [3.63, 3.8) is 0 Å². The van der Waals surface area contributed by atoms with Crippen molar-refractivity contribution in [1.82, 2.24) is 9.21 Å². The van der Waals surface area contributed by atoms with Crippen LogP contribution in [0.15, 0.2) is 29.2 Å². The number of benzene rings is 1. The van der Waals surface area contributed by atoms with E-state index in [0.717, 1.165) is 12.8 Å². The molecule has 0 spiro atoms. The van der Waals surface area contributed by atoms with Gasteiger partial charge in [0.2, 0.25) is 15.9 Å². The summed E-state index contributed by atoms with van der Waals surface area (Å²) in [4.78, 5) is 39.4. The standard InChI is InChI=1S/C24H35N3O6S/c1-17(33-22(29)18-11-15-26(16-12-18)23(30)24(2,3)4)21(28)25-19-7-9-20(10-8-19)34(31,32)27-13-5-6-14-27/h7-10,17-18H,5-6,11-16H2,1-4H3,(H,25,28)/t17-/m1/s1. The number of amides is 2. The number of carbonyl (C=O) groups is 3. The Labute approximate surface area is 201 Å². The number of hydrogen-bond acceptors (Lipinski definition) is 6. The third kappa shape index (κ3) is 6.15. The summed E-state index contributed by atoms with van der Waals surface area (Å²) in [5.41, 5.74) is -0.0430. The van der Waals surface area contributed by atoms with Crippen LogP contribution in [0.5, 0.6) is 0 Å². The Balaban J connectivity index is 1.49. The van der Waals surface area contributed by atoms with Crippen LogP contribution in [0.2, 0.25) is 0 Å². The number of likely N-dealkylation sites (tertiary alicyclic amines) is 1. The summed E-state index contributed by atoms with van der Waals surface area (Å²) in [5.74, 6) is -1.23. The monoisotopic (exact) mass is 493 g/mol. The van der Waals surface area contributed by atoms with Gasteiger partial charge in [0.05, 0.1) is 10.8 Å². The van der Waals surface area contributed by atoms with Gasteiger partial charge in [-0.05, 0) is 56.9 Å². The average Bonchev–Trinajstić information content (AvgIpc) is 3.34.